The van der Waals surface area contributed by atoms with Gasteiger partial charge in [-0.15, -0.1) is 0 Å². The third-order valence-corrected chi connectivity index (χ3v) is 3.40. The zero-order valence-corrected chi connectivity index (χ0v) is 9.63. The standard InChI is InChI=1S/C11H14BrN/c1-7(2)9-5-6-13-11(10(9)12)8-3-4-8/h5-8H,3-4H2,1-2H3. The van der Waals surface area contributed by atoms with Crippen LogP contribution in [0.25, 0.3) is 0 Å². The lowest BCUT2D eigenvalue weighted by Gasteiger charge is -2.10. The highest BCUT2D eigenvalue weighted by molar-refractivity contribution is 9.10. The molecule has 13 heavy (non-hydrogen) atoms. The monoisotopic (exact) mass is 239 g/mol. The van der Waals surface area contributed by atoms with E-state index >= 15 is 0 Å². The van der Waals surface area contributed by atoms with Gasteiger partial charge in [-0.3, -0.25) is 4.98 Å². The predicted molar refractivity (Wildman–Crippen MR) is 58.0 cm³/mol. The summed E-state index contributed by atoms with van der Waals surface area (Å²) in [6.07, 6.45) is 4.56. The molecular weight excluding hydrogens is 226 g/mol. The van der Waals surface area contributed by atoms with Crippen LogP contribution >= 0.6 is 15.9 Å². The fourth-order valence-electron chi connectivity index (χ4n) is 1.56. The van der Waals surface area contributed by atoms with Gasteiger partial charge in [-0.2, -0.15) is 0 Å². The largest absolute Gasteiger partial charge is 0.260 e. The molecule has 0 aromatic carbocycles. The van der Waals surface area contributed by atoms with Crippen LogP contribution in [-0.4, -0.2) is 4.98 Å². The van der Waals surface area contributed by atoms with Gasteiger partial charge in [-0.1, -0.05) is 13.8 Å². The molecule has 1 aliphatic rings. The van der Waals surface area contributed by atoms with E-state index in [0.29, 0.717) is 5.92 Å². The van der Waals surface area contributed by atoms with Crippen molar-refractivity contribution in [2.45, 2.75) is 38.5 Å². The second kappa shape index (κ2) is 3.41. The van der Waals surface area contributed by atoms with Crippen LogP contribution in [0.5, 0.6) is 0 Å². The van der Waals surface area contributed by atoms with Crippen molar-refractivity contribution in [1.82, 2.24) is 4.98 Å². The highest BCUT2D eigenvalue weighted by Gasteiger charge is 2.28. The lowest BCUT2D eigenvalue weighted by Crippen LogP contribution is -1.95. The number of rotatable bonds is 2. The third-order valence-electron chi connectivity index (χ3n) is 2.53. The van der Waals surface area contributed by atoms with Crippen molar-refractivity contribution >= 4 is 15.9 Å². The third kappa shape index (κ3) is 1.78. The average molecular weight is 240 g/mol. The second-order valence-electron chi connectivity index (χ2n) is 4.03. The van der Waals surface area contributed by atoms with Gasteiger partial charge < -0.3 is 0 Å². The Morgan fingerprint density at radius 2 is 2.15 bits per heavy atom. The summed E-state index contributed by atoms with van der Waals surface area (Å²) in [6.45, 7) is 4.44. The Labute approximate surface area is 87.7 Å². The van der Waals surface area contributed by atoms with E-state index in [0.717, 1.165) is 5.92 Å². The molecule has 0 amide bonds. The number of pyridine rings is 1. The maximum Gasteiger partial charge on any atom is 0.0579 e. The Hall–Kier alpha value is -0.370. The summed E-state index contributed by atoms with van der Waals surface area (Å²) in [5.74, 6) is 1.31. The summed E-state index contributed by atoms with van der Waals surface area (Å²) in [5, 5.41) is 0. The van der Waals surface area contributed by atoms with Crippen molar-refractivity contribution < 1.29 is 0 Å². The Kier molecular flexibility index (Phi) is 2.41. The van der Waals surface area contributed by atoms with Crippen molar-refractivity contribution in [3.05, 3.63) is 28.0 Å². The maximum absolute atomic E-state index is 4.44. The second-order valence-corrected chi connectivity index (χ2v) is 4.82. The molecule has 0 spiro atoms. The van der Waals surface area contributed by atoms with Crippen LogP contribution in [0.2, 0.25) is 0 Å². The molecule has 2 heteroatoms. The maximum atomic E-state index is 4.44. The Balaban J connectivity index is 2.41. The van der Waals surface area contributed by atoms with Gasteiger partial charge in [0.25, 0.3) is 0 Å². The van der Waals surface area contributed by atoms with E-state index in [2.05, 4.69) is 40.8 Å². The van der Waals surface area contributed by atoms with Crippen LogP contribution in [0, 0.1) is 0 Å². The minimum absolute atomic E-state index is 0.579. The van der Waals surface area contributed by atoms with E-state index in [9.17, 15) is 0 Å². The van der Waals surface area contributed by atoms with Crippen LogP contribution in [0.15, 0.2) is 16.7 Å². The highest BCUT2D eigenvalue weighted by atomic mass is 79.9. The molecule has 1 aromatic rings. The minimum atomic E-state index is 0.579. The number of hydrogen-bond acceptors (Lipinski definition) is 1. The summed E-state index contributed by atoms with van der Waals surface area (Å²) >= 11 is 3.66. The van der Waals surface area contributed by atoms with Gasteiger partial charge >= 0.3 is 0 Å². The van der Waals surface area contributed by atoms with Crippen LogP contribution in [0.4, 0.5) is 0 Å². The summed E-state index contributed by atoms with van der Waals surface area (Å²) < 4.78 is 1.24. The topological polar surface area (TPSA) is 12.9 Å². The number of hydrogen-bond donors (Lipinski definition) is 0. The van der Waals surface area contributed by atoms with E-state index in [-0.39, 0.29) is 0 Å². The molecule has 0 radical (unpaired) electrons. The molecule has 0 bridgehead atoms. The van der Waals surface area contributed by atoms with Gasteiger partial charge in [-0.25, -0.2) is 0 Å². The van der Waals surface area contributed by atoms with Crippen molar-refractivity contribution in [2.75, 3.05) is 0 Å². The van der Waals surface area contributed by atoms with Crippen LogP contribution in [0.3, 0.4) is 0 Å². The Morgan fingerprint density at radius 3 is 2.69 bits per heavy atom. The predicted octanol–water partition coefficient (Wildman–Crippen LogP) is 3.84. The van der Waals surface area contributed by atoms with Gasteiger partial charge in [0.1, 0.15) is 0 Å². The zero-order chi connectivity index (χ0) is 9.42. The quantitative estimate of drug-likeness (QED) is 0.765. The first-order chi connectivity index (χ1) is 6.20. The summed E-state index contributed by atoms with van der Waals surface area (Å²) in [7, 11) is 0. The lowest BCUT2D eigenvalue weighted by atomic mass is 10.0. The molecule has 1 aromatic heterocycles. The number of nitrogens with zero attached hydrogens (tertiary/aromatic N) is 1. The molecule has 0 aliphatic heterocycles. The van der Waals surface area contributed by atoms with E-state index in [4.69, 9.17) is 0 Å². The summed E-state index contributed by atoms with van der Waals surface area (Å²) in [4.78, 5) is 4.44. The molecule has 2 rings (SSSR count). The van der Waals surface area contributed by atoms with Crippen LogP contribution in [0.1, 0.15) is 49.8 Å². The fourth-order valence-corrected chi connectivity index (χ4v) is 2.58. The van der Waals surface area contributed by atoms with Crippen molar-refractivity contribution in [3.8, 4) is 0 Å². The van der Waals surface area contributed by atoms with Gasteiger partial charge in [0.15, 0.2) is 0 Å². The Morgan fingerprint density at radius 1 is 1.46 bits per heavy atom. The zero-order valence-electron chi connectivity index (χ0n) is 8.05. The molecule has 1 saturated carbocycles. The molecule has 1 aliphatic carbocycles. The first-order valence-electron chi connectivity index (χ1n) is 4.84. The molecular formula is C11H14BrN. The van der Waals surface area contributed by atoms with Crippen molar-refractivity contribution in [2.24, 2.45) is 0 Å². The molecule has 1 nitrogen and oxygen atoms in total. The first-order valence-corrected chi connectivity index (χ1v) is 5.63. The van der Waals surface area contributed by atoms with Gasteiger partial charge in [-0.05, 0) is 46.3 Å². The van der Waals surface area contributed by atoms with Gasteiger partial charge in [0.2, 0.25) is 0 Å². The molecule has 0 saturated heterocycles. The Bertz CT molecular complexity index is 296. The van der Waals surface area contributed by atoms with Crippen LogP contribution < -0.4 is 0 Å². The SMILES string of the molecule is CC(C)c1ccnc(C2CC2)c1Br. The molecule has 0 unspecified atom stereocenters. The van der Waals surface area contributed by atoms with Crippen molar-refractivity contribution in [1.29, 1.82) is 0 Å². The lowest BCUT2D eigenvalue weighted by molar-refractivity contribution is 0.843. The van der Waals surface area contributed by atoms with Crippen LogP contribution in [-0.2, 0) is 0 Å². The molecule has 0 atom stereocenters. The average Bonchev–Trinajstić information content (AvgIpc) is 2.87. The van der Waals surface area contributed by atoms with Gasteiger partial charge in [0, 0.05) is 16.6 Å². The van der Waals surface area contributed by atoms with Crippen molar-refractivity contribution in [3.63, 3.8) is 0 Å². The fraction of sp³-hybridized carbons (Fsp3) is 0.545. The minimum Gasteiger partial charge on any atom is -0.260 e. The normalized spacial score (nSPS) is 16.6. The molecule has 1 fully saturated rings. The first kappa shape index (κ1) is 9.20. The molecule has 70 valence electrons. The smallest absolute Gasteiger partial charge is 0.0579 e. The molecule has 1 heterocycles. The van der Waals surface area contributed by atoms with E-state index in [1.54, 1.807) is 0 Å². The molecule has 0 N–H and O–H groups in total. The summed E-state index contributed by atoms with van der Waals surface area (Å²) in [6, 6.07) is 2.11. The highest BCUT2D eigenvalue weighted by Crippen LogP contribution is 2.43. The van der Waals surface area contributed by atoms with Gasteiger partial charge in [0.05, 0.1) is 5.69 Å². The van der Waals surface area contributed by atoms with E-state index in [1.807, 2.05) is 6.20 Å². The number of aromatic nitrogens is 1. The van der Waals surface area contributed by atoms with E-state index < -0.39 is 0 Å². The van der Waals surface area contributed by atoms with E-state index in [1.165, 1.54) is 28.6 Å². The number of halogens is 1. The summed E-state index contributed by atoms with van der Waals surface area (Å²) in [5.41, 5.74) is 2.66.